The highest BCUT2D eigenvalue weighted by Crippen LogP contribution is 2.19. The molecule has 2 rings (SSSR count). The van der Waals surface area contributed by atoms with E-state index in [4.69, 9.17) is 4.74 Å². The fourth-order valence-corrected chi connectivity index (χ4v) is 2.66. The lowest BCUT2D eigenvalue weighted by Crippen LogP contribution is -2.46. The van der Waals surface area contributed by atoms with E-state index in [0.717, 1.165) is 25.7 Å². The summed E-state index contributed by atoms with van der Waals surface area (Å²) in [5.41, 5.74) is 0.128. The fraction of sp³-hybridized carbons (Fsp3) is 0.625. The van der Waals surface area contributed by atoms with Crippen LogP contribution in [-0.4, -0.2) is 34.7 Å². The zero-order chi connectivity index (χ0) is 16.2. The van der Waals surface area contributed by atoms with Crippen molar-refractivity contribution in [1.29, 1.82) is 0 Å². The van der Waals surface area contributed by atoms with Crippen LogP contribution >= 0.6 is 0 Å². The van der Waals surface area contributed by atoms with Gasteiger partial charge in [0, 0.05) is 24.5 Å². The molecule has 1 aromatic rings. The van der Waals surface area contributed by atoms with E-state index in [0.29, 0.717) is 5.56 Å². The van der Waals surface area contributed by atoms with Gasteiger partial charge in [0.05, 0.1) is 5.56 Å². The average Bonchev–Trinajstić information content (AvgIpc) is 2.90. The quantitative estimate of drug-likeness (QED) is 0.802. The van der Waals surface area contributed by atoms with Crippen LogP contribution in [0.15, 0.2) is 18.5 Å². The number of amides is 2. The maximum absolute atomic E-state index is 12.0. The average molecular weight is 307 g/mol. The minimum atomic E-state index is -0.499. The molecule has 1 aromatic heterocycles. The second kappa shape index (κ2) is 6.85. The van der Waals surface area contributed by atoms with Crippen LogP contribution in [-0.2, 0) is 4.74 Å². The zero-order valence-electron chi connectivity index (χ0n) is 13.4. The first-order valence-electron chi connectivity index (χ1n) is 7.76. The van der Waals surface area contributed by atoms with Crippen molar-refractivity contribution in [2.24, 2.45) is 0 Å². The van der Waals surface area contributed by atoms with Crippen LogP contribution in [0.1, 0.15) is 56.8 Å². The lowest BCUT2D eigenvalue weighted by atomic mass is 9.91. The van der Waals surface area contributed by atoms with Crippen LogP contribution in [0.3, 0.4) is 0 Å². The van der Waals surface area contributed by atoms with Crippen molar-refractivity contribution >= 4 is 12.0 Å². The number of carbonyl (C=O) groups excluding carboxylic acids is 2. The van der Waals surface area contributed by atoms with Gasteiger partial charge in [0.2, 0.25) is 0 Å². The largest absolute Gasteiger partial charge is 0.444 e. The molecule has 0 aliphatic heterocycles. The molecule has 2 atom stereocenters. The van der Waals surface area contributed by atoms with Crippen molar-refractivity contribution in [1.82, 2.24) is 15.6 Å². The Bertz CT molecular complexity index is 505. The van der Waals surface area contributed by atoms with Crippen LogP contribution in [0.25, 0.3) is 0 Å². The van der Waals surface area contributed by atoms with Crippen LogP contribution in [0, 0.1) is 0 Å². The highest BCUT2D eigenvalue weighted by Gasteiger charge is 2.26. The van der Waals surface area contributed by atoms with Gasteiger partial charge < -0.3 is 20.4 Å². The number of H-pyrrole nitrogens is 1. The molecule has 6 heteroatoms. The van der Waals surface area contributed by atoms with E-state index in [1.165, 1.54) is 0 Å². The topological polar surface area (TPSA) is 83.2 Å². The summed E-state index contributed by atoms with van der Waals surface area (Å²) in [6, 6.07) is 1.87. The Morgan fingerprint density at radius 1 is 1.23 bits per heavy atom. The number of alkyl carbamates (subject to hydrolysis) is 1. The second-order valence-electron chi connectivity index (χ2n) is 6.78. The molecule has 1 fully saturated rings. The smallest absolute Gasteiger partial charge is 0.407 e. The maximum atomic E-state index is 12.0. The van der Waals surface area contributed by atoms with Gasteiger partial charge in [-0.05, 0) is 52.5 Å². The van der Waals surface area contributed by atoms with Crippen LogP contribution in [0.4, 0.5) is 4.79 Å². The molecule has 22 heavy (non-hydrogen) atoms. The normalized spacial score (nSPS) is 22.0. The molecule has 0 aromatic carbocycles. The monoisotopic (exact) mass is 307 g/mol. The summed E-state index contributed by atoms with van der Waals surface area (Å²) >= 11 is 0. The predicted molar refractivity (Wildman–Crippen MR) is 83.7 cm³/mol. The Kier molecular flexibility index (Phi) is 5.11. The summed E-state index contributed by atoms with van der Waals surface area (Å²) in [7, 11) is 0. The number of carbonyl (C=O) groups is 2. The Hall–Kier alpha value is -1.98. The van der Waals surface area contributed by atoms with Crippen molar-refractivity contribution in [2.75, 3.05) is 0 Å². The van der Waals surface area contributed by atoms with Crippen molar-refractivity contribution in [2.45, 2.75) is 64.1 Å². The summed E-state index contributed by atoms with van der Waals surface area (Å²) in [4.78, 5) is 26.7. The van der Waals surface area contributed by atoms with Crippen LogP contribution in [0.5, 0.6) is 0 Å². The molecule has 1 aliphatic carbocycles. The third-order valence-corrected chi connectivity index (χ3v) is 3.59. The van der Waals surface area contributed by atoms with Gasteiger partial charge in [-0.1, -0.05) is 0 Å². The number of hydrogen-bond acceptors (Lipinski definition) is 3. The zero-order valence-corrected chi connectivity index (χ0v) is 13.4. The van der Waals surface area contributed by atoms with Gasteiger partial charge in [0.15, 0.2) is 0 Å². The highest BCUT2D eigenvalue weighted by atomic mass is 16.6. The van der Waals surface area contributed by atoms with Gasteiger partial charge in [-0.2, -0.15) is 0 Å². The molecule has 1 heterocycles. The van der Waals surface area contributed by atoms with E-state index in [9.17, 15) is 9.59 Å². The Morgan fingerprint density at radius 3 is 2.50 bits per heavy atom. The maximum Gasteiger partial charge on any atom is 0.407 e. The summed E-state index contributed by atoms with van der Waals surface area (Å²) in [6.07, 6.45) is 6.55. The third-order valence-electron chi connectivity index (χ3n) is 3.59. The number of rotatable bonds is 3. The van der Waals surface area contributed by atoms with E-state index < -0.39 is 11.7 Å². The van der Waals surface area contributed by atoms with Gasteiger partial charge in [0.25, 0.3) is 5.91 Å². The number of aromatic nitrogens is 1. The van der Waals surface area contributed by atoms with Gasteiger partial charge in [-0.15, -0.1) is 0 Å². The van der Waals surface area contributed by atoms with E-state index in [2.05, 4.69) is 15.6 Å². The first-order chi connectivity index (χ1) is 10.3. The lowest BCUT2D eigenvalue weighted by molar-refractivity contribution is 0.0489. The summed E-state index contributed by atoms with van der Waals surface area (Å²) in [5.74, 6) is -0.0795. The minimum Gasteiger partial charge on any atom is -0.444 e. The molecule has 0 saturated heterocycles. The summed E-state index contributed by atoms with van der Waals surface area (Å²) in [6.45, 7) is 5.52. The molecular formula is C16H25N3O3. The number of hydrogen-bond donors (Lipinski definition) is 3. The molecule has 2 amide bonds. The number of ether oxygens (including phenoxy) is 1. The molecular weight excluding hydrogens is 282 g/mol. The Morgan fingerprint density at radius 2 is 1.91 bits per heavy atom. The van der Waals surface area contributed by atoms with Crippen molar-refractivity contribution in [3.63, 3.8) is 0 Å². The predicted octanol–water partition coefficient (Wildman–Crippen LogP) is 2.58. The van der Waals surface area contributed by atoms with E-state index in [1.807, 2.05) is 20.8 Å². The standard InChI is InChI=1S/C16H25N3O3/c1-16(2,3)22-15(21)19-13-6-4-5-12(9-13)18-14(20)11-7-8-17-10-11/h7-8,10,12-13,17H,4-6,9H2,1-3H3,(H,18,20)(H,19,21)/t12-,13+/m1/s1. The molecule has 1 saturated carbocycles. The number of nitrogens with one attached hydrogen (secondary N) is 3. The second-order valence-corrected chi connectivity index (χ2v) is 6.78. The SMILES string of the molecule is CC(C)(C)OC(=O)N[C@H]1CCC[C@@H](NC(=O)c2cc[nH]c2)C1. The van der Waals surface area contributed by atoms with E-state index in [-0.39, 0.29) is 18.0 Å². The molecule has 0 radical (unpaired) electrons. The molecule has 0 spiro atoms. The van der Waals surface area contributed by atoms with Crippen molar-refractivity contribution in [3.8, 4) is 0 Å². The molecule has 0 unspecified atom stereocenters. The Balaban J connectivity index is 1.81. The molecule has 1 aliphatic rings. The molecule has 122 valence electrons. The van der Waals surface area contributed by atoms with Gasteiger partial charge in [-0.3, -0.25) is 4.79 Å². The van der Waals surface area contributed by atoms with Crippen molar-refractivity contribution in [3.05, 3.63) is 24.0 Å². The minimum absolute atomic E-state index is 0.0418. The van der Waals surface area contributed by atoms with Crippen molar-refractivity contribution < 1.29 is 14.3 Å². The van der Waals surface area contributed by atoms with Gasteiger partial charge in [-0.25, -0.2) is 4.79 Å². The van der Waals surface area contributed by atoms with E-state index >= 15 is 0 Å². The van der Waals surface area contributed by atoms with E-state index in [1.54, 1.807) is 18.5 Å². The fourth-order valence-electron chi connectivity index (χ4n) is 2.66. The van der Waals surface area contributed by atoms with Gasteiger partial charge in [0.1, 0.15) is 5.60 Å². The van der Waals surface area contributed by atoms with Crippen LogP contribution < -0.4 is 10.6 Å². The highest BCUT2D eigenvalue weighted by molar-refractivity contribution is 5.94. The molecule has 0 bridgehead atoms. The summed E-state index contributed by atoms with van der Waals surface area (Å²) in [5, 5.41) is 5.92. The first-order valence-corrected chi connectivity index (χ1v) is 7.76. The Labute approximate surface area is 131 Å². The molecule has 6 nitrogen and oxygen atoms in total. The lowest BCUT2D eigenvalue weighted by Gasteiger charge is -2.31. The van der Waals surface area contributed by atoms with Crippen LogP contribution in [0.2, 0.25) is 0 Å². The summed E-state index contributed by atoms with van der Waals surface area (Å²) < 4.78 is 5.27. The molecule has 3 N–H and O–H groups in total. The number of aromatic amines is 1. The first kappa shape index (κ1) is 16.4. The van der Waals surface area contributed by atoms with Gasteiger partial charge >= 0.3 is 6.09 Å². The third kappa shape index (κ3) is 5.09.